The van der Waals surface area contributed by atoms with E-state index >= 15 is 0 Å². The van der Waals surface area contributed by atoms with Crippen LogP contribution in [0.2, 0.25) is 5.02 Å². The van der Waals surface area contributed by atoms with Crippen molar-refractivity contribution in [3.8, 4) is 5.75 Å². The molecule has 0 radical (unpaired) electrons. The Morgan fingerprint density at radius 3 is 2.87 bits per heavy atom. The second kappa shape index (κ2) is 5.00. The summed E-state index contributed by atoms with van der Waals surface area (Å²) in [6.45, 7) is 1.78. The van der Waals surface area contributed by atoms with E-state index in [9.17, 15) is 4.79 Å². The van der Waals surface area contributed by atoms with Crippen molar-refractivity contribution < 1.29 is 14.6 Å². The van der Waals surface area contributed by atoms with Crippen LogP contribution in [0.25, 0.3) is 0 Å². The quantitative estimate of drug-likeness (QED) is 0.820. The highest BCUT2D eigenvalue weighted by Gasteiger charge is 2.11. The number of ether oxygens (including phenoxy) is 1. The highest BCUT2D eigenvalue weighted by Crippen LogP contribution is 2.20. The minimum absolute atomic E-state index is 0.0591. The molecule has 0 unspecified atom stereocenters. The fourth-order valence-corrected chi connectivity index (χ4v) is 1.08. The van der Waals surface area contributed by atoms with Gasteiger partial charge < -0.3 is 15.6 Å². The molecule has 3 N–H and O–H groups in total. The van der Waals surface area contributed by atoms with Gasteiger partial charge in [0.2, 0.25) is 0 Å². The lowest BCUT2D eigenvalue weighted by Crippen LogP contribution is -2.36. The van der Waals surface area contributed by atoms with Crippen molar-refractivity contribution in [2.24, 2.45) is 5.73 Å². The summed E-state index contributed by atoms with van der Waals surface area (Å²) in [5, 5.41) is 9.18. The van der Waals surface area contributed by atoms with Crippen molar-refractivity contribution in [3.63, 3.8) is 0 Å². The first kappa shape index (κ1) is 11.8. The number of nitrogens with two attached hydrogens (primary N) is 1. The highest BCUT2D eigenvalue weighted by atomic mass is 35.5. The number of halogens is 1. The molecule has 0 amide bonds. The van der Waals surface area contributed by atoms with E-state index < -0.39 is 12.0 Å². The van der Waals surface area contributed by atoms with Crippen LogP contribution in [-0.4, -0.2) is 23.7 Å². The lowest BCUT2D eigenvalue weighted by Gasteiger charge is -2.10. The first-order valence-corrected chi connectivity index (χ1v) is 4.76. The van der Waals surface area contributed by atoms with Gasteiger partial charge in [-0.15, -0.1) is 0 Å². The van der Waals surface area contributed by atoms with Crippen LogP contribution < -0.4 is 10.5 Å². The average molecular weight is 230 g/mol. The van der Waals surface area contributed by atoms with Gasteiger partial charge in [-0.2, -0.15) is 0 Å². The van der Waals surface area contributed by atoms with E-state index in [-0.39, 0.29) is 6.61 Å². The molecular formula is C10H12ClNO3. The molecule has 0 fully saturated rings. The Labute approximate surface area is 92.6 Å². The number of carbonyl (C=O) groups is 1. The molecule has 0 aliphatic heterocycles. The zero-order chi connectivity index (χ0) is 11.4. The Morgan fingerprint density at radius 1 is 1.67 bits per heavy atom. The van der Waals surface area contributed by atoms with Crippen LogP contribution in [-0.2, 0) is 4.79 Å². The summed E-state index contributed by atoms with van der Waals surface area (Å²) in [6, 6.07) is 4.08. The molecule has 0 aromatic heterocycles. The molecule has 0 bridgehead atoms. The van der Waals surface area contributed by atoms with Gasteiger partial charge in [0, 0.05) is 5.02 Å². The number of carboxylic acid groups (broad SMARTS) is 1. The monoisotopic (exact) mass is 229 g/mol. The van der Waals surface area contributed by atoms with Crippen molar-refractivity contribution in [1.82, 2.24) is 0 Å². The normalized spacial score (nSPS) is 12.2. The average Bonchev–Trinajstić information content (AvgIpc) is 2.19. The Hall–Kier alpha value is -1.26. The van der Waals surface area contributed by atoms with Crippen molar-refractivity contribution in [2.75, 3.05) is 6.61 Å². The maximum Gasteiger partial charge on any atom is 0.324 e. The molecule has 1 aromatic rings. The highest BCUT2D eigenvalue weighted by molar-refractivity contribution is 6.31. The van der Waals surface area contributed by atoms with Crippen molar-refractivity contribution >= 4 is 17.6 Å². The number of carboxylic acids is 1. The predicted octanol–water partition coefficient (Wildman–Crippen LogP) is 1.44. The van der Waals surface area contributed by atoms with Gasteiger partial charge in [-0.25, -0.2) is 0 Å². The Kier molecular flexibility index (Phi) is 3.94. The lowest BCUT2D eigenvalue weighted by molar-refractivity contribution is -0.139. The number of rotatable bonds is 4. The summed E-state index contributed by atoms with van der Waals surface area (Å²) in [6.07, 6.45) is 0. The smallest absolute Gasteiger partial charge is 0.324 e. The maximum atomic E-state index is 10.4. The minimum atomic E-state index is -1.08. The maximum absolute atomic E-state index is 10.4. The second-order valence-electron chi connectivity index (χ2n) is 3.17. The summed E-state index contributed by atoms with van der Waals surface area (Å²) < 4.78 is 5.20. The van der Waals surface area contributed by atoms with Gasteiger partial charge in [-0.05, 0) is 30.7 Å². The zero-order valence-corrected chi connectivity index (χ0v) is 8.99. The van der Waals surface area contributed by atoms with Crippen molar-refractivity contribution in [2.45, 2.75) is 13.0 Å². The summed E-state index contributed by atoms with van der Waals surface area (Å²) in [4.78, 5) is 10.4. The van der Waals surface area contributed by atoms with Crippen LogP contribution >= 0.6 is 11.6 Å². The van der Waals surface area contributed by atoms with Crippen molar-refractivity contribution in [1.29, 1.82) is 0 Å². The molecule has 0 aliphatic carbocycles. The summed E-state index contributed by atoms with van der Waals surface area (Å²) in [7, 11) is 0. The predicted molar refractivity (Wildman–Crippen MR) is 57.3 cm³/mol. The van der Waals surface area contributed by atoms with E-state index in [1.807, 2.05) is 6.92 Å². The van der Waals surface area contributed by atoms with E-state index in [1.54, 1.807) is 18.2 Å². The Morgan fingerprint density at radius 2 is 2.33 bits per heavy atom. The van der Waals surface area contributed by atoms with E-state index in [2.05, 4.69) is 0 Å². The van der Waals surface area contributed by atoms with Gasteiger partial charge in [0.25, 0.3) is 0 Å². The molecule has 0 saturated carbocycles. The van der Waals surface area contributed by atoms with Crippen LogP contribution in [0.4, 0.5) is 0 Å². The summed E-state index contributed by atoms with van der Waals surface area (Å²) in [5.74, 6) is -0.519. The molecule has 5 heteroatoms. The van der Waals surface area contributed by atoms with Gasteiger partial charge in [0.05, 0.1) is 0 Å². The van der Waals surface area contributed by atoms with Crippen LogP contribution in [0, 0.1) is 6.92 Å². The molecule has 0 heterocycles. The summed E-state index contributed by atoms with van der Waals surface area (Å²) >= 11 is 5.82. The molecule has 0 aliphatic rings. The largest absolute Gasteiger partial charge is 0.491 e. The second-order valence-corrected chi connectivity index (χ2v) is 3.57. The molecule has 82 valence electrons. The van der Waals surface area contributed by atoms with Crippen LogP contribution in [0.3, 0.4) is 0 Å². The number of aryl methyl sites for hydroxylation is 1. The first-order chi connectivity index (χ1) is 7.00. The van der Waals surface area contributed by atoms with Gasteiger partial charge >= 0.3 is 5.97 Å². The van der Waals surface area contributed by atoms with Gasteiger partial charge in [0.15, 0.2) is 0 Å². The topological polar surface area (TPSA) is 72.5 Å². The molecule has 15 heavy (non-hydrogen) atoms. The molecule has 1 atom stereocenters. The summed E-state index contributed by atoms with van der Waals surface area (Å²) in [5.41, 5.74) is 6.15. The number of hydrogen-bond acceptors (Lipinski definition) is 3. The number of aliphatic carboxylic acids is 1. The SMILES string of the molecule is Cc1cc(OC[C@H](N)C(=O)O)ccc1Cl. The third kappa shape index (κ3) is 3.42. The van der Waals surface area contributed by atoms with E-state index in [0.717, 1.165) is 5.56 Å². The first-order valence-electron chi connectivity index (χ1n) is 4.38. The van der Waals surface area contributed by atoms with E-state index in [0.29, 0.717) is 10.8 Å². The van der Waals surface area contributed by atoms with Crippen LogP contribution in [0.5, 0.6) is 5.75 Å². The molecule has 0 spiro atoms. The third-order valence-electron chi connectivity index (χ3n) is 1.88. The lowest BCUT2D eigenvalue weighted by atomic mass is 10.2. The number of hydrogen-bond donors (Lipinski definition) is 2. The van der Waals surface area contributed by atoms with Crippen LogP contribution in [0.1, 0.15) is 5.56 Å². The van der Waals surface area contributed by atoms with Crippen LogP contribution in [0.15, 0.2) is 18.2 Å². The third-order valence-corrected chi connectivity index (χ3v) is 2.30. The molecular weight excluding hydrogens is 218 g/mol. The van der Waals surface area contributed by atoms with Gasteiger partial charge in [-0.3, -0.25) is 4.79 Å². The zero-order valence-electron chi connectivity index (χ0n) is 8.24. The molecule has 1 rings (SSSR count). The Balaban J connectivity index is 2.58. The fraction of sp³-hybridized carbons (Fsp3) is 0.300. The van der Waals surface area contributed by atoms with Gasteiger partial charge in [0.1, 0.15) is 18.4 Å². The number of benzene rings is 1. The van der Waals surface area contributed by atoms with Crippen molar-refractivity contribution in [3.05, 3.63) is 28.8 Å². The van der Waals surface area contributed by atoms with E-state index in [1.165, 1.54) is 0 Å². The molecule has 0 saturated heterocycles. The molecule has 4 nitrogen and oxygen atoms in total. The Bertz CT molecular complexity index is 368. The fourth-order valence-electron chi connectivity index (χ4n) is 0.964. The minimum Gasteiger partial charge on any atom is -0.491 e. The standard InChI is InChI=1S/C10H12ClNO3/c1-6-4-7(2-3-8(6)11)15-5-9(12)10(13)14/h2-4,9H,5,12H2,1H3,(H,13,14)/t9-/m0/s1. The van der Waals surface area contributed by atoms with E-state index in [4.69, 9.17) is 27.2 Å². The molecule has 1 aromatic carbocycles. The van der Waals surface area contributed by atoms with Gasteiger partial charge in [-0.1, -0.05) is 11.6 Å².